The summed E-state index contributed by atoms with van der Waals surface area (Å²) in [5.41, 5.74) is 1.33. The van der Waals surface area contributed by atoms with Crippen LogP contribution in [-0.4, -0.2) is 68.2 Å². The molecule has 0 aromatic heterocycles. The van der Waals surface area contributed by atoms with Crippen molar-refractivity contribution < 1.29 is 14.6 Å². The van der Waals surface area contributed by atoms with Crippen LogP contribution in [0.1, 0.15) is 12.5 Å². The van der Waals surface area contributed by atoms with E-state index in [-0.39, 0.29) is 12.1 Å². The Morgan fingerprint density at radius 1 is 1.41 bits per heavy atom. The van der Waals surface area contributed by atoms with E-state index >= 15 is 0 Å². The van der Waals surface area contributed by atoms with Gasteiger partial charge in [-0.05, 0) is 12.5 Å². The molecule has 0 saturated carbocycles. The van der Waals surface area contributed by atoms with Gasteiger partial charge in [-0.2, -0.15) is 0 Å². The molecular formula is C17H28N2O3. The molecule has 2 rings (SSSR count). The van der Waals surface area contributed by atoms with Crippen molar-refractivity contribution in [2.45, 2.75) is 31.7 Å². The third-order valence-electron chi connectivity index (χ3n) is 4.02. The van der Waals surface area contributed by atoms with Crippen molar-refractivity contribution in [3.8, 4) is 0 Å². The van der Waals surface area contributed by atoms with Crippen molar-refractivity contribution >= 4 is 0 Å². The normalized spacial score (nSPS) is 22.4. The van der Waals surface area contributed by atoms with Gasteiger partial charge >= 0.3 is 0 Å². The van der Waals surface area contributed by atoms with Gasteiger partial charge in [-0.25, -0.2) is 0 Å². The Kier molecular flexibility index (Phi) is 7.29. The standard InChI is InChI=1S/C17H28N2O3/c1-14(18-10-16(20)13-21-2)17-12-19(8-9-22-17)11-15-6-4-3-5-7-15/h3-7,14,16-18,20H,8-13H2,1-2H3. The first kappa shape index (κ1) is 17.4. The molecule has 0 bridgehead atoms. The van der Waals surface area contributed by atoms with E-state index in [4.69, 9.17) is 9.47 Å². The minimum absolute atomic E-state index is 0.146. The zero-order valence-corrected chi connectivity index (χ0v) is 13.6. The summed E-state index contributed by atoms with van der Waals surface area (Å²) in [6.07, 6.45) is -0.330. The van der Waals surface area contributed by atoms with Gasteiger partial charge in [-0.1, -0.05) is 30.3 Å². The van der Waals surface area contributed by atoms with Crippen LogP contribution in [0.2, 0.25) is 0 Å². The van der Waals surface area contributed by atoms with E-state index in [2.05, 4.69) is 41.4 Å². The monoisotopic (exact) mass is 308 g/mol. The van der Waals surface area contributed by atoms with Crippen molar-refractivity contribution in [1.82, 2.24) is 10.2 Å². The fraction of sp³-hybridized carbons (Fsp3) is 0.647. The molecule has 1 saturated heterocycles. The molecule has 1 aliphatic rings. The quantitative estimate of drug-likeness (QED) is 0.746. The van der Waals surface area contributed by atoms with Crippen LogP contribution in [0.3, 0.4) is 0 Å². The van der Waals surface area contributed by atoms with E-state index in [0.29, 0.717) is 13.2 Å². The molecule has 1 aromatic rings. The molecule has 3 unspecified atom stereocenters. The van der Waals surface area contributed by atoms with Gasteiger partial charge < -0.3 is 19.9 Å². The van der Waals surface area contributed by atoms with Gasteiger partial charge in [0.25, 0.3) is 0 Å². The Labute approximate surface area is 133 Å². The first-order valence-electron chi connectivity index (χ1n) is 7.97. The Hall–Kier alpha value is -0.980. The van der Waals surface area contributed by atoms with Crippen LogP contribution in [0.15, 0.2) is 30.3 Å². The van der Waals surface area contributed by atoms with Crippen molar-refractivity contribution in [1.29, 1.82) is 0 Å². The molecule has 5 nitrogen and oxygen atoms in total. The SMILES string of the molecule is COCC(O)CNC(C)C1CN(Cc2ccccc2)CCO1. The van der Waals surface area contributed by atoms with Crippen LogP contribution < -0.4 is 5.32 Å². The lowest BCUT2D eigenvalue weighted by Gasteiger charge is -2.36. The predicted molar refractivity (Wildman–Crippen MR) is 86.8 cm³/mol. The summed E-state index contributed by atoms with van der Waals surface area (Å²) >= 11 is 0. The number of aliphatic hydroxyl groups excluding tert-OH is 1. The van der Waals surface area contributed by atoms with Crippen LogP contribution >= 0.6 is 0 Å². The molecule has 2 N–H and O–H groups in total. The minimum Gasteiger partial charge on any atom is -0.389 e. The van der Waals surface area contributed by atoms with Crippen molar-refractivity contribution in [2.75, 3.05) is 40.0 Å². The van der Waals surface area contributed by atoms with Gasteiger partial charge in [0.2, 0.25) is 0 Å². The van der Waals surface area contributed by atoms with Crippen LogP contribution in [0.25, 0.3) is 0 Å². The Bertz CT molecular complexity index is 416. The third-order valence-corrected chi connectivity index (χ3v) is 4.02. The van der Waals surface area contributed by atoms with E-state index in [1.165, 1.54) is 5.56 Å². The minimum atomic E-state index is -0.475. The molecular weight excluding hydrogens is 280 g/mol. The lowest BCUT2D eigenvalue weighted by Crippen LogP contribution is -2.52. The highest BCUT2D eigenvalue weighted by molar-refractivity contribution is 5.14. The molecule has 5 heteroatoms. The highest BCUT2D eigenvalue weighted by Crippen LogP contribution is 2.12. The van der Waals surface area contributed by atoms with Gasteiger partial charge in [0.05, 0.1) is 25.4 Å². The summed E-state index contributed by atoms with van der Waals surface area (Å²) in [6, 6.07) is 10.7. The molecule has 124 valence electrons. The second kappa shape index (κ2) is 9.22. The lowest BCUT2D eigenvalue weighted by molar-refractivity contribution is -0.0482. The van der Waals surface area contributed by atoms with E-state index in [0.717, 1.165) is 26.2 Å². The summed E-state index contributed by atoms with van der Waals surface area (Å²) in [4.78, 5) is 2.42. The van der Waals surface area contributed by atoms with Gasteiger partial charge in [0.15, 0.2) is 0 Å². The highest BCUT2D eigenvalue weighted by Gasteiger charge is 2.25. The molecule has 22 heavy (non-hydrogen) atoms. The number of hydrogen-bond donors (Lipinski definition) is 2. The number of methoxy groups -OCH3 is 1. The van der Waals surface area contributed by atoms with Crippen molar-refractivity contribution in [2.24, 2.45) is 0 Å². The van der Waals surface area contributed by atoms with Crippen LogP contribution in [0, 0.1) is 0 Å². The molecule has 1 heterocycles. The maximum absolute atomic E-state index is 9.70. The number of rotatable bonds is 8. The predicted octanol–water partition coefficient (Wildman–Crippen LogP) is 0.873. The summed E-state index contributed by atoms with van der Waals surface area (Å²) in [5, 5.41) is 13.0. The van der Waals surface area contributed by atoms with E-state index < -0.39 is 6.10 Å². The summed E-state index contributed by atoms with van der Waals surface area (Å²) in [5.74, 6) is 0. The van der Waals surface area contributed by atoms with Gasteiger partial charge in [0.1, 0.15) is 0 Å². The first-order valence-corrected chi connectivity index (χ1v) is 7.97. The van der Waals surface area contributed by atoms with Crippen molar-refractivity contribution in [3.05, 3.63) is 35.9 Å². The Morgan fingerprint density at radius 3 is 2.91 bits per heavy atom. The van der Waals surface area contributed by atoms with E-state index in [1.54, 1.807) is 7.11 Å². The molecule has 1 aliphatic heterocycles. The lowest BCUT2D eigenvalue weighted by atomic mass is 10.1. The molecule has 0 spiro atoms. The van der Waals surface area contributed by atoms with Crippen molar-refractivity contribution in [3.63, 3.8) is 0 Å². The number of nitrogens with zero attached hydrogens (tertiary/aromatic N) is 1. The Morgan fingerprint density at radius 2 is 2.18 bits per heavy atom. The highest BCUT2D eigenvalue weighted by atomic mass is 16.5. The fourth-order valence-electron chi connectivity index (χ4n) is 2.72. The maximum atomic E-state index is 9.70. The van der Waals surface area contributed by atoms with Crippen LogP contribution in [0.4, 0.5) is 0 Å². The number of aliphatic hydroxyl groups is 1. The average Bonchev–Trinajstić information content (AvgIpc) is 2.54. The van der Waals surface area contributed by atoms with Gasteiger partial charge in [0, 0.05) is 39.3 Å². The number of benzene rings is 1. The topological polar surface area (TPSA) is 54.0 Å². The van der Waals surface area contributed by atoms with E-state index in [1.807, 2.05) is 6.07 Å². The zero-order valence-electron chi connectivity index (χ0n) is 13.6. The number of hydrogen-bond acceptors (Lipinski definition) is 5. The fourth-order valence-corrected chi connectivity index (χ4v) is 2.72. The number of morpholine rings is 1. The van der Waals surface area contributed by atoms with Gasteiger partial charge in [-0.15, -0.1) is 0 Å². The van der Waals surface area contributed by atoms with E-state index in [9.17, 15) is 5.11 Å². The smallest absolute Gasteiger partial charge is 0.0897 e. The second-order valence-electron chi connectivity index (χ2n) is 5.94. The number of ether oxygens (including phenoxy) is 2. The first-order chi connectivity index (χ1) is 10.7. The third kappa shape index (κ3) is 5.66. The summed E-state index contributed by atoms with van der Waals surface area (Å²) in [7, 11) is 1.60. The molecule has 1 fully saturated rings. The maximum Gasteiger partial charge on any atom is 0.0897 e. The number of nitrogens with one attached hydrogen (secondary N) is 1. The zero-order chi connectivity index (χ0) is 15.8. The Balaban J connectivity index is 1.77. The molecule has 1 aromatic carbocycles. The second-order valence-corrected chi connectivity index (χ2v) is 5.94. The largest absolute Gasteiger partial charge is 0.389 e. The average molecular weight is 308 g/mol. The van der Waals surface area contributed by atoms with Crippen LogP contribution in [-0.2, 0) is 16.0 Å². The molecule has 0 aliphatic carbocycles. The molecule has 3 atom stereocenters. The van der Waals surface area contributed by atoms with Gasteiger partial charge in [-0.3, -0.25) is 4.90 Å². The summed E-state index contributed by atoms with van der Waals surface area (Å²) < 4.78 is 10.8. The molecule has 0 radical (unpaired) electrons. The molecule has 0 amide bonds. The van der Waals surface area contributed by atoms with Crippen LogP contribution in [0.5, 0.6) is 0 Å². The summed E-state index contributed by atoms with van der Waals surface area (Å²) in [6.45, 7) is 6.56.